The van der Waals surface area contributed by atoms with Gasteiger partial charge >= 0.3 is 0 Å². The molecule has 0 aliphatic rings. The van der Waals surface area contributed by atoms with Crippen LogP contribution in [0, 0.1) is 0 Å². The predicted molar refractivity (Wildman–Crippen MR) is 93.1 cm³/mol. The molecule has 4 rings (SSSR count). The van der Waals surface area contributed by atoms with Gasteiger partial charge in [0.1, 0.15) is 11.6 Å². The van der Waals surface area contributed by atoms with E-state index in [9.17, 15) is 0 Å². The number of nitrogens with zero attached hydrogens (tertiary/aromatic N) is 5. The lowest BCUT2D eigenvalue weighted by Gasteiger charge is -2.09. The molecule has 7 nitrogen and oxygen atoms in total. The summed E-state index contributed by atoms with van der Waals surface area (Å²) in [6.07, 6.45) is 3.52. The van der Waals surface area contributed by atoms with Crippen molar-refractivity contribution in [1.82, 2.24) is 24.1 Å². The van der Waals surface area contributed by atoms with Crippen LogP contribution in [-0.2, 0) is 13.6 Å². The molecular formula is C15H14BrN7. The van der Waals surface area contributed by atoms with Crippen molar-refractivity contribution in [3.63, 3.8) is 0 Å². The number of anilines is 2. The highest BCUT2D eigenvalue weighted by molar-refractivity contribution is 9.10. The lowest BCUT2D eigenvalue weighted by Crippen LogP contribution is -2.07. The van der Waals surface area contributed by atoms with Gasteiger partial charge in [0, 0.05) is 19.7 Å². The Morgan fingerprint density at radius 1 is 1.30 bits per heavy atom. The van der Waals surface area contributed by atoms with Gasteiger partial charge in [0.05, 0.1) is 28.0 Å². The van der Waals surface area contributed by atoms with Crippen LogP contribution in [-0.4, -0.2) is 24.1 Å². The topological polar surface area (TPSA) is 86.1 Å². The first-order chi connectivity index (χ1) is 11.1. The molecule has 1 aromatic carbocycles. The van der Waals surface area contributed by atoms with Gasteiger partial charge in [-0.3, -0.25) is 0 Å². The normalized spacial score (nSPS) is 11.4. The molecule has 8 heteroatoms. The smallest absolute Gasteiger partial charge is 0.173 e. The summed E-state index contributed by atoms with van der Waals surface area (Å²) >= 11 is 3.42. The highest BCUT2D eigenvalue weighted by Crippen LogP contribution is 2.22. The Balaban J connectivity index is 1.65. The fraction of sp³-hybridized carbons (Fsp3) is 0.133. The number of halogens is 1. The Morgan fingerprint density at radius 2 is 2.17 bits per heavy atom. The lowest BCUT2D eigenvalue weighted by atomic mass is 10.2. The molecule has 0 fully saturated rings. The summed E-state index contributed by atoms with van der Waals surface area (Å²) in [6.45, 7) is 0.641. The number of aryl methyl sites for hydroxylation is 1. The van der Waals surface area contributed by atoms with Crippen molar-refractivity contribution in [1.29, 1.82) is 0 Å². The fourth-order valence-corrected chi connectivity index (χ4v) is 2.91. The van der Waals surface area contributed by atoms with Gasteiger partial charge in [-0.05, 0) is 33.6 Å². The van der Waals surface area contributed by atoms with Crippen molar-refractivity contribution >= 4 is 44.2 Å². The van der Waals surface area contributed by atoms with E-state index >= 15 is 0 Å². The molecule has 0 saturated carbocycles. The molecule has 0 aliphatic carbocycles. The number of benzene rings is 1. The fourth-order valence-electron chi connectivity index (χ4n) is 2.57. The first-order valence-corrected chi connectivity index (χ1v) is 7.85. The maximum Gasteiger partial charge on any atom is 0.173 e. The molecule has 4 aromatic rings. The van der Waals surface area contributed by atoms with Crippen molar-refractivity contribution in [3.05, 3.63) is 46.8 Å². The van der Waals surface area contributed by atoms with Gasteiger partial charge in [-0.25, -0.2) is 9.97 Å². The van der Waals surface area contributed by atoms with E-state index in [0.29, 0.717) is 18.0 Å². The van der Waals surface area contributed by atoms with Crippen molar-refractivity contribution in [3.8, 4) is 0 Å². The summed E-state index contributed by atoms with van der Waals surface area (Å²) in [5.74, 6) is 1.24. The van der Waals surface area contributed by atoms with Crippen LogP contribution in [0.4, 0.5) is 11.6 Å². The second-order valence-electron chi connectivity index (χ2n) is 5.33. The SMILES string of the molecule is Cn1cnc2cc(CNc3cc(N)nc4c(Br)cnn34)ccc21. The van der Waals surface area contributed by atoms with Crippen LogP contribution in [0.1, 0.15) is 5.56 Å². The number of nitrogen functional groups attached to an aromatic ring is 1. The number of hydrogen-bond donors (Lipinski definition) is 2. The summed E-state index contributed by atoms with van der Waals surface area (Å²) in [4.78, 5) is 8.66. The number of nitrogens with one attached hydrogen (secondary N) is 1. The molecule has 3 heterocycles. The third-order valence-electron chi connectivity index (χ3n) is 3.71. The standard InChI is InChI=1S/C15H14BrN7/c1-22-8-19-11-4-9(2-3-12(11)22)6-18-14-5-13(17)21-15-10(16)7-20-23(14)15/h2-5,7-8,18H,6H2,1H3,(H2,17,21). The Kier molecular flexibility index (Phi) is 3.19. The Hall–Kier alpha value is -2.61. The van der Waals surface area contributed by atoms with Crippen molar-refractivity contribution in [2.45, 2.75) is 6.54 Å². The first-order valence-electron chi connectivity index (χ1n) is 7.05. The third kappa shape index (κ3) is 2.40. The average molecular weight is 372 g/mol. The van der Waals surface area contributed by atoms with Crippen LogP contribution in [0.15, 0.2) is 41.3 Å². The second kappa shape index (κ2) is 5.24. The molecule has 0 saturated heterocycles. The molecule has 0 unspecified atom stereocenters. The number of hydrogen-bond acceptors (Lipinski definition) is 5. The summed E-state index contributed by atoms with van der Waals surface area (Å²) in [7, 11) is 1.99. The molecule has 0 aliphatic heterocycles. The lowest BCUT2D eigenvalue weighted by molar-refractivity contribution is 0.927. The predicted octanol–water partition coefficient (Wildman–Crippen LogP) is 2.57. The Morgan fingerprint density at radius 3 is 3.04 bits per heavy atom. The molecule has 0 amide bonds. The van der Waals surface area contributed by atoms with E-state index in [4.69, 9.17) is 5.73 Å². The molecule has 23 heavy (non-hydrogen) atoms. The van der Waals surface area contributed by atoms with Crippen molar-refractivity contribution in [2.75, 3.05) is 11.1 Å². The van der Waals surface area contributed by atoms with E-state index in [1.165, 1.54) is 0 Å². The molecule has 3 aromatic heterocycles. The van der Waals surface area contributed by atoms with Gasteiger partial charge in [0.25, 0.3) is 0 Å². The van der Waals surface area contributed by atoms with Gasteiger partial charge in [-0.1, -0.05) is 6.07 Å². The highest BCUT2D eigenvalue weighted by atomic mass is 79.9. The van der Waals surface area contributed by atoms with E-state index in [2.05, 4.69) is 54.5 Å². The van der Waals surface area contributed by atoms with Crippen LogP contribution in [0.3, 0.4) is 0 Å². The van der Waals surface area contributed by atoms with Crippen LogP contribution >= 0.6 is 15.9 Å². The van der Waals surface area contributed by atoms with Crippen molar-refractivity contribution < 1.29 is 0 Å². The highest BCUT2D eigenvalue weighted by Gasteiger charge is 2.09. The maximum absolute atomic E-state index is 5.87. The van der Waals surface area contributed by atoms with E-state index in [1.807, 2.05) is 17.9 Å². The van der Waals surface area contributed by atoms with E-state index in [0.717, 1.165) is 26.9 Å². The van der Waals surface area contributed by atoms with E-state index in [1.54, 1.807) is 16.8 Å². The molecule has 0 atom stereocenters. The Bertz CT molecular complexity index is 1020. The molecule has 3 N–H and O–H groups in total. The summed E-state index contributed by atoms with van der Waals surface area (Å²) in [6, 6.07) is 7.99. The number of imidazole rings is 1. The monoisotopic (exact) mass is 371 g/mol. The number of nitrogens with two attached hydrogens (primary N) is 1. The average Bonchev–Trinajstić information content (AvgIpc) is 3.09. The largest absolute Gasteiger partial charge is 0.384 e. The molecular weight excluding hydrogens is 358 g/mol. The van der Waals surface area contributed by atoms with Gasteiger partial charge in [0.15, 0.2) is 5.65 Å². The van der Waals surface area contributed by atoms with Crippen molar-refractivity contribution in [2.24, 2.45) is 7.05 Å². The zero-order valence-corrected chi connectivity index (χ0v) is 13.9. The summed E-state index contributed by atoms with van der Waals surface area (Å²) < 4.78 is 4.53. The molecule has 0 spiro atoms. The third-order valence-corrected chi connectivity index (χ3v) is 4.27. The van der Waals surface area contributed by atoms with Crippen LogP contribution in [0.5, 0.6) is 0 Å². The van der Waals surface area contributed by atoms with Crippen LogP contribution < -0.4 is 11.1 Å². The number of rotatable bonds is 3. The van der Waals surface area contributed by atoms with E-state index < -0.39 is 0 Å². The molecule has 0 bridgehead atoms. The quantitative estimate of drug-likeness (QED) is 0.577. The maximum atomic E-state index is 5.87. The van der Waals surface area contributed by atoms with Crippen LogP contribution in [0.2, 0.25) is 0 Å². The number of aromatic nitrogens is 5. The van der Waals surface area contributed by atoms with Crippen LogP contribution in [0.25, 0.3) is 16.7 Å². The summed E-state index contributed by atoms with van der Waals surface area (Å²) in [5.41, 5.74) is 9.78. The van der Waals surface area contributed by atoms with Gasteiger partial charge in [-0.15, -0.1) is 0 Å². The first kappa shape index (κ1) is 14.0. The van der Waals surface area contributed by atoms with Gasteiger partial charge in [-0.2, -0.15) is 9.61 Å². The van der Waals surface area contributed by atoms with Gasteiger partial charge in [0.2, 0.25) is 0 Å². The summed E-state index contributed by atoms with van der Waals surface area (Å²) in [5, 5.41) is 7.65. The number of fused-ring (bicyclic) bond motifs is 2. The minimum absolute atomic E-state index is 0.446. The minimum Gasteiger partial charge on any atom is -0.384 e. The zero-order chi connectivity index (χ0) is 16.0. The van der Waals surface area contributed by atoms with Gasteiger partial charge < -0.3 is 15.6 Å². The zero-order valence-electron chi connectivity index (χ0n) is 12.4. The minimum atomic E-state index is 0.446. The second-order valence-corrected chi connectivity index (χ2v) is 6.18. The molecule has 116 valence electrons. The Labute approximate surface area is 140 Å². The molecule has 0 radical (unpaired) electrons. The van der Waals surface area contributed by atoms with E-state index in [-0.39, 0.29) is 0 Å².